The third kappa shape index (κ3) is 5.54. The number of hydrogen-bond acceptors (Lipinski definition) is 5. The molecule has 1 rings (SSSR count). The molecule has 0 saturated heterocycles. The molecule has 6 nitrogen and oxygen atoms in total. The normalized spacial score (nSPS) is 10.3. The molecule has 0 aliphatic heterocycles. The van der Waals surface area contributed by atoms with Gasteiger partial charge in [0.05, 0.1) is 0 Å². The summed E-state index contributed by atoms with van der Waals surface area (Å²) in [6, 6.07) is 3.44. The number of pyridine rings is 1. The van der Waals surface area contributed by atoms with Crippen molar-refractivity contribution in [1.29, 1.82) is 0 Å². The number of anilines is 1. The number of hydrogen-bond donors (Lipinski definition) is 3. The van der Waals surface area contributed by atoms with Gasteiger partial charge in [-0.3, -0.25) is 4.79 Å². The Bertz CT molecular complexity index is 401. The molecule has 112 valence electrons. The molecule has 0 atom stereocenters. The van der Waals surface area contributed by atoms with Crippen molar-refractivity contribution in [3.05, 3.63) is 23.4 Å². The van der Waals surface area contributed by atoms with Crippen LogP contribution in [0.25, 0.3) is 0 Å². The molecule has 0 aromatic carbocycles. The van der Waals surface area contributed by atoms with Gasteiger partial charge in [-0.25, -0.2) is 10.8 Å². The molecule has 1 heterocycles. The third-order valence-corrected chi connectivity index (χ3v) is 2.96. The zero-order chi connectivity index (χ0) is 14.8. The van der Waals surface area contributed by atoms with Gasteiger partial charge in [-0.1, -0.05) is 6.92 Å². The lowest BCUT2D eigenvalue weighted by Crippen LogP contribution is -2.25. The Labute approximate surface area is 120 Å². The summed E-state index contributed by atoms with van der Waals surface area (Å²) in [5.41, 5.74) is 3.91. The lowest BCUT2D eigenvalue weighted by Gasteiger charge is -2.08. The summed E-state index contributed by atoms with van der Waals surface area (Å²) in [7, 11) is 1.69. The number of amides is 1. The van der Waals surface area contributed by atoms with Gasteiger partial charge >= 0.3 is 0 Å². The number of methoxy groups -OCH3 is 1. The van der Waals surface area contributed by atoms with E-state index in [1.807, 2.05) is 6.92 Å². The first-order chi connectivity index (χ1) is 9.71. The summed E-state index contributed by atoms with van der Waals surface area (Å²) >= 11 is 0. The number of nitrogens with zero attached hydrogens (tertiary/aromatic N) is 1. The second-order valence-electron chi connectivity index (χ2n) is 4.54. The summed E-state index contributed by atoms with van der Waals surface area (Å²) in [4.78, 5) is 16.3. The molecule has 0 spiro atoms. The summed E-state index contributed by atoms with van der Waals surface area (Å²) in [5.74, 6) is 5.77. The Balaban J connectivity index is 2.46. The Morgan fingerprint density at radius 1 is 1.35 bits per heavy atom. The fourth-order valence-electron chi connectivity index (χ4n) is 1.83. The van der Waals surface area contributed by atoms with Crippen LogP contribution in [0.1, 0.15) is 42.2 Å². The van der Waals surface area contributed by atoms with Crippen LogP contribution >= 0.6 is 0 Å². The maximum atomic E-state index is 12.0. The van der Waals surface area contributed by atoms with E-state index in [0.29, 0.717) is 17.9 Å². The number of ether oxygens (including phenoxy) is 1. The average Bonchev–Trinajstić information content (AvgIpc) is 2.49. The van der Waals surface area contributed by atoms with Gasteiger partial charge in [0.2, 0.25) is 0 Å². The minimum atomic E-state index is -0.0923. The van der Waals surface area contributed by atoms with Crippen molar-refractivity contribution in [2.75, 3.05) is 25.7 Å². The molecule has 4 N–H and O–H groups in total. The van der Waals surface area contributed by atoms with E-state index in [0.717, 1.165) is 38.0 Å². The predicted octanol–water partition coefficient (Wildman–Crippen LogP) is 1.48. The fourth-order valence-corrected chi connectivity index (χ4v) is 1.83. The third-order valence-electron chi connectivity index (χ3n) is 2.96. The molecule has 1 aromatic heterocycles. The molecule has 0 unspecified atom stereocenters. The summed E-state index contributed by atoms with van der Waals surface area (Å²) in [6.45, 7) is 3.42. The van der Waals surface area contributed by atoms with Gasteiger partial charge in [0.25, 0.3) is 5.91 Å². The molecule has 1 amide bonds. The largest absolute Gasteiger partial charge is 0.385 e. The SMILES string of the molecule is CCc1cc(C(=O)NCCCCCOC)cc(NN)n1. The standard InChI is InChI=1S/C14H24N4O2/c1-3-12-9-11(10-13(17-12)18-15)14(19)16-7-5-4-6-8-20-2/h9-10H,3-8,15H2,1-2H3,(H,16,19)(H,17,18). The van der Waals surface area contributed by atoms with Crippen LogP contribution in [0.5, 0.6) is 0 Å². The molecular formula is C14H24N4O2. The van der Waals surface area contributed by atoms with Gasteiger partial charge in [-0.05, 0) is 37.8 Å². The van der Waals surface area contributed by atoms with Gasteiger partial charge < -0.3 is 15.5 Å². The number of nitrogen functional groups attached to an aromatic ring is 1. The minimum Gasteiger partial charge on any atom is -0.385 e. The van der Waals surface area contributed by atoms with Crippen molar-refractivity contribution in [3.8, 4) is 0 Å². The first kappa shape index (κ1) is 16.4. The number of carbonyl (C=O) groups is 1. The Hall–Kier alpha value is -1.66. The Kier molecular flexibility index (Phi) is 7.60. The van der Waals surface area contributed by atoms with Crippen LogP contribution in [0.2, 0.25) is 0 Å². The maximum Gasteiger partial charge on any atom is 0.251 e. The fraction of sp³-hybridized carbons (Fsp3) is 0.571. The zero-order valence-electron chi connectivity index (χ0n) is 12.2. The highest BCUT2D eigenvalue weighted by Crippen LogP contribution is 2.10. The quantitative estimate of drug-likeness (QED) is 0.362. The van der Waals surface area contributed by atoms with E-state index >= 15 is 0 Å². The monoisotopic (exact) mass is 280 g/mol. The van der Waals surface area contributed by atoms with Crippen LogP contribution < -0.4 is 16.6 Å². The molecule has 0 saturated carbocycles. The molecule has 0 radical (unpaired) electrons. The van der Waals surface area contributed by atoms with Crippen LogP contribution in [0.3, 0.4) is 0 Å². The van der Waals surface area contributed by atoms with Crippen molar-refractivity contribution in [1.82, 2.24) is 10.3 Å². The number of carbonyl (C=O) groups excluding carboxylic acids is 1. The van der Waals surface area contributed by atoms with Crippen molar-refractivity contribution in [2.24, 2.45) is 5.84 Å². The van der Waals surface area contributed by atoms with Gasteiger partial charge in [-0.15, -0.1) is 0 Å². The number of nitrogens with two attached hydrogens (primary N) is 1. The lowest BCUT2D eigenvalue weighted by atomic mass is 10.1. The summed E-state index contributed by atoms with van der Waals surface area (Å²) in [5, 5.41) is 2.90. The van der Waals surface area contributed by atoms with Gasteiger partial charge in [-0.2, -0.15) is 0 Å². The second kappa shape index (κ2) is 9.28. The van der Waals surface area contributed by atoms with Gasteiger partial charge in [0, 0.05) is 31.5 Å². The highest BCUT2D eigenvalue weighted by Gasteiger charge is 2.08. The molecule has 0 fully saturated rings. The number of rotatable bonds is 9. The molecule has 0 aliphatic carbocycles. The van der Waals surface area contributed by atoms with Crippen LogP contribution in [0, 0.1) is 0 Å². The molecular weight excluding hydrogens is 256 g/mol. The van der Waals surface area contributed by atoms with E-state index in [4.69, 9.17) is 10.6 Å². The van der Waals surface area contributed by atoms with Crippen LogP contribution in [-0.4, -0.2) is 31.2 Å². The first-order valence-corrected chi connectivity index (χ1v) is 6.96. The van der Waals surface area contributed by atoms with E-state index in [1.54, 1.807) is 19.2 Å². The molecule has 1 aromatic rings. The number of aryl methyl sites for hydroxylation is 1. The topological polar surface area (TPSA) is 89.3 Å². The maximum absolute atomic E-state index is 12.0. The number of aromatic nitrogens is 1. The number of unbranched alkanes of at least 4 members (excludes halogenated alkanes) is 2. The number of nitrogens with one attached hydrogen (secondary N) is 2. The van der Waals surface area contributed by atoms with Crippen molar-refractivity contribution < 1.29 is 9.53 Å². The van der Waals surface area contributed by atoms with E-state index < -0.39 is 0 Å². The predicted molar refractivity (Wildman–Crippen MR) is 79.5 cm³/mol. The van der Waals surface area contributed by atoms with E-state index in [2.05, 4.69) is 15.7 Å². The highest BCUT2D eigenvalue weighted by atomic mass is 16.5. The molecule has 6 heteroatoms. The van der Waals surface area contributed by atoms with Crippen molar-refractivity contribution >= 4 is 11.7 Å². The molecule has 20 heavy (non-hydrogen) atoms. The highest BCUT2D eigenvalue weighted by molar-refractivity contribution is 5.94. The van der Waals surface area contributed by atoms with Crippen LogP contribution in [0.15, 0.2) is 12.1 Å². The summed E-state index contributed by atoms with van der Waals surface area (Å²) < 4.78 is 4.98. The lowest BCUT2D eigenvalue weighted by molar-refractivity contribution is 0.0952. The molecule has 0 aliphatic rings. The van der Waals surface area contributed by atoms with E-state index in [-0.39, 0.29) is 5.91 Å². The Morgan fingerprint density at radius 2 is 2.15 bits per heavy atom. The smallest absolute Gasteiger partial charge is 0.251 e. The van der Waals surface area contributed by atoms with Crippen LogP contribution in [-0.2, 0) is 11.2 Å². The minimum absolute atomic E-state index is 0.0923. The van der Waals surface area contributed by atoms with E-state index in [9.17, 15) is 4.79 Å². The first-order valence-electron chi connectivity index (χ1n) is 6.96. The number of hydrazine groups is 1. The molecule has 0 bridgehead atoms. The van der Waals surface area contributed by atoms with E-state index in [1.165, 1.54) is 0 Å². The van der Waals surface area contributed by atoms with Gasteiger partial charge in [0.1, 0.15) is 5.82 Å². The van der Waals surface area contributed by atoms with Crippen molar-refractivity contribution in [2.45, 2.75) is 32.6 Å². The van der Waals surface area contributed by atoms with Crippen LogP contribution in [0.4, 0.5) is 5.82 Å². The van der Waals surface area contributed by atoms with Gasteiger partial charge in [0.15, 0.2) is 0 Å². The second-order valence-corrected chi connectivity index (χ2v) is 4.54. The van der Waals surface area contributed by atoms with Crippen molar-refractivity contribution in [3.63, 3.8) is 0 Å². The Morgan fingerprint density at radius 3 is 2.80 bits per heavy atom. The zero-order valence-corrected chi connectivity index (χ0v) is 12.2. The average molecular weight is 280 g/mol. The summed E-state index contributed by atoms with van der Waals surface area (Å²) in [6.07, 6.45) is 3.76.